The summed E-state index contributed by atoms with van der Waals surface area (Å²) in [5.41, 5.74) is 2.36. The van der Waals surface area contributed by atoms with E-state index in [4.69, 9.17) is 9.47 Å². The molecule has 6 saturated carbocycles. The van der Waals surface area contributed by atoms with Crippen molar-refractivity contribution in [1.29, 1.82) is 0 Å². The highest BCUT2D eigenvalue weighted by atomic mass is 16.5. The van der Waals surface area contributed by atoms with E-state index < -0.39 is 71.5 Å². The number of H-pyrrole nitrogens is 2. The lowest BCUT2D eigenvalue weighted by atomic mass is 9.56. The van der Waals surface area contributed by atoms with Gasteiger partial charge in [0.05, 0.1) is 34.8 Å². The first kappa shape index (κ1) is 44.1. The van der Waals surface area contributed by atoms with Crippen LogP contribution in [0.25, 0.3) is 21.8 Å². The number of esters is 2. The summed E-state index contributed by atoms with van der Waals surface area (Å²) in [6, 6.07) is 14.9. The minimum absolute atomic E-state index is 0.256. The second kappa shape index (κ2) is 19.1. The van der Waals surface area contributed by atoms with Crippen LogP contribution in [0.2, 0.25) is 0 Å². The number of aromatic amines is 2. The molecule has 6 aliphatic rings. The van der Waals surface area contributed by atoms with Gasteiger partial charge in [0.15, 0.2) is 0 Å². The van der Waals surface area contributed by atoms with Crippen LogP contribution in [0.15, 0.2) is 60.9 Å². The minimum Gasteiger partial charge on any atom is -0.458 e. The molecule has 0 saturated heterocycles. The summed E-state index contributed by atoms with van der Waals surface area (Å²) in [7, 11) is 7.85. The van der Waals surface area contributed by atoms with E-state index >= 15 is 0 Å². The van der Waals surface area contributed by atoms with Gasteiger partial charge in [0.1, 0.15) is 12.2 Å². The van der Waals surface area contributed by atoms with Gasteiger partial charge in [0, 0.05) is 59.1 Å². The van der Waals surface area contributed by atoms with E-state index in [1.165, 1.54) is 0 Å². The van der Waals surface area contributed by atoms with Crippen LogP contribution < -0.4 is 16.0 Å². The molecule has 6 aliphatic carbocycles. The third-order valence-corrected chi connectivity index (χ3v) is 14.2. The van der Waals surface area contributed by atoms with Gasteiger partial charge in [-0.05, 0) is 117 Å². The topological polar surface area (TPSA) is 195 Å². The number of fused-ring (bicyclic) bond motifs is 8. The number of amides is 4. The molecule has 6 fully saturated rings. The van der Waals surface area contributed by atoms with Crippen molar-refractivity contribution in [1.82, 2.24) is 35.7 Å². The van der Waals surface area contributed by atoms with Crippen molar-refractivity contribution in [3.05, 3.63) is 72.1 Å². The van der Waals surface area contributed by atoms with Crippen LogP contribution in [0.1, 0.15) is 72.1 Å². The maximum Gasteiger partial charge on any atom is 0.340 e. The number of hydrogen-bond donors (Lipinski definition) is 5. The van der Waals surface area contributed by atoms with Crippen LogP contribution in [-0.4, -0.2) is 122 Å². The van der Waals surface area contributed by atoms with Gasteiger partial charge in [-0.15, -0.1) is 0 Å². The molecule has 0 aliphatic heterocycles. The van der Waals surface area contributed by atoms with Crippen molar-refractivity contribution in [3.8, 4) is 0 Å². The number of carbonyl (C=O) groups is 6. The number of carbonyl (C=O) groups excluding carboxylic acids is 6. The molecular weight excluding hydrogens is 803 g/mol. The van der Waals surface area contributed by atoms with E-state index in [1.807, 2.05) is 86.5 Å². The monoisotopic (exact) mass is 863 g/mol. The number of benzene rings is 2. The largest absolute Gasteiger partial charge is 0.458 e. The highest BCUT2D eigenvalue weighted by Crippen LogP contribution is 2.52. The third kappa shape index (κ3) is 9.26. The number of imide groups is 1. The quantitative estimate of drug-likeness (QED) is 0.0608. The number of nitrogens with zero attached hydrogens (tertiary/aromatic N) is 2. The molecule has 2 heterocycles. The molecule has 4 amide bonds. The van der Waals surface area contributed by atoms with E-state index in [-0.39, 0.29) is 23.7 Å². The number of ether oxygens (including phenoxy) is 2. The molecule has 15 heteroatoms. The molecule has 2 aromatic heterocycles. The van der Waals surface area contributed by atoms with Gasteiger partial charge < -0.3 is 39.9 Å². The van der Waals surface area contributed by atoms with Crippen molar-refractivity contribution in [2.45, 2.75) is 63.6 Å². The van der Waals surface area contributed by atoms with Crippen LogP contribution in [0, 0.1) is 47.3 Å². The maximum absolute atomic E-state index is 14.8. The lowest BCUT2D eigenvalue weighted by Crippen LogP contribution is -2.61. The van der Waals surface area contributed by atoms with Gasteiger partial charge in [-0.3, -0.25) is 24.5 Å². The standard InChI is InChI=1S/C48H61N7O8/c1-54(2)21-9-19-49-43(56)39-27-15-17-31(37(23-27)62-47(60)33-25-51-35-13-7-5-11-29(33)35)41(39)45(58)53-46(59)42-32-18-16-28(40(42)44(57)50-20-10-22-55(3)4)24-38(32)63-48(61)34-26-52-36-14-8-6-12-30(34)36/h5-8,11-14,25-28,31-32,37-42,51-52H,9-10,15-24H2,1-4H3,(H,49,56)(H,50,57)(H,53,58,59). The fraction of sp³-hybridized carbons (Fsp3) is 0.542. The van der Waals surface area contributed by atoms with Gasteiger partial charge in [-0.2, -0.15) is 0 Å². The molecule has 0 radical (unpaired) electrons. The summed E-state index contributed by atoms with van der Waals surface area (Å²) in [5, 5.41) is 10.3. The number of para-hydroxylation sites is 2. The van der Waals surface area contributed by atoms with Crippen LogP contribution in [0.3, 0.4) is 0 Å². The molecule has 10 unspecified atom stereocenters. The molecular formula is C48H61N7O8. The van der Waals surface area contributed by atoms with Crippen molar-refractivity contribution >= 4 is 57.4 Å². The molecule has 63 heavy (non-hydrogen) atoms. The Balaban J connectivity index is 1.05. The minimum atomic E-state index is -0.967. The Morgan fingerprint density at radius 3 is 1.40 bits per heavy atom. The zero-order chi connectivity index (χ0) is 44.4. The molecule has 10 rings (SSSR count). The fourth-order valence-corrected chi connectivity index (χ4v) is 11.3. The van der Waals surface area contributed by atoms with Crippen LogP contribution in [0.5, 0.6) is 0 Å². The zero-order valence-corrected chi connectivity index (χ0v) is 36.7. The lowest BCUT2D eigenvalue weighted by Gasteiger charge is -2.51. The summed E-state index contributed by atoms with van der Waals surface area (Å²) in [6.07, 6.45) is 6.60. The summed E-state index contributed by atoms with van der Waals surface area (Å²) in [5.74, 6) is -7.80. The van der Waals surface area contributed by atoms with E-state index in [9.17, 15) is 28.8 Å². The Labute approximate surface area is 367 Å². The van der Waals surface area contributed by atoms with E-state index in [0.29, 0.717) is 75.6 Å². The first-order valence-corrected chi connectivity index (χ1v) is 22.6. The molecule has 10 atom stereocenters. The molecule has 4 bridgehead atoms. The normalized spacial score (nSPS) is 27.4. The molecule has 15 nitrogen and oxygen atoms in total. The van der Waals surface area contributed by atoms with Gasteiger partial charge in [0.2, 0.25) is 23.6 Å². The molecule has 2 aromatic carbocycles. The Kier molecular flexibility index (Phi) is 13.3. The van der Waals surface area contributed by atoms with Crippen molar-refractivity contribution in [2.24, 2.45) is 47.3 Å². The Morgan fingerprint density at radius 2 is 0.984 bits per heavy atom. The predicted molar refractivity (Wildman–Crippen MR) is 236 cm³/mol. The number of aromatic nitrogens is 2. The van der Waals surface area contributed by atoms with E-state index in [0.717, 1.165) is 34.9 Å². The Hall–Kier alpha value is -5.54. The Bertz CT molecular complexity index is 2180. The first-order chi connectivity index (χ1) is 30.4. The third-order valence-electron chi connectivity index (χ3n) is 14.2. The van der Waals surface area contributed by atoms with E-state index in [1.54, 1.807) is 12.4 Å². The van der Waals surface area contributed by atoms with Gasteiger partial charge in [-0.1, -0.05) is 36.4 Å². The summed E-state index contributed by atoms with van der Waals surface area (Å²) in [4.78, 5) is 95.8. The fourth-order valence-electron chi connectivity index (χ4n) is 11.3. The van der Waals surface area contributed by atoms with Crippen LogP contribution in [-0.2, 0) is 28.7 Å². The van der Waals surface area contributed by atoms with Crippen molar-refractivity contribution in [3.63, 3.8) is 0 Å². The second-order valence-electron chi connectivity index (χ2n) is 18.7. The number of rotatable bonds is 16. The average Bonchev–Trinajstić information content (AvgIpc) is 3.91. The highest BCUT2D eigenvalue weighted by Gasteiger charge is 2.58. The molecule has 4 aromatic rings. The van der Waals surface area contributed by atoms with Crippen LogP contribution >= 0.6 is 0 Å². The van der Waals surface area contributed by atoms with Gasteiger partial charge >= 0.3 is 11.9 Å². The number of hydrogen-bond acceptors (Lipinski definition) is 10. The summed E-state index contributed by atoms with van der Waals surface area (Å²) >= 11 is 0. The van der Waals surface area contributed by atoms with Gasteiger partial charge in [-0.25, -0.2) is 9.59 Å². The van der Waals surface area contributed by atoms with Crippen molar-refractivity contribution < 1.29 is 38.2 Å². The number of nitrogens with one attached hydrogen (secondary N) is 5. The first-order valence-electron chi connectivity index (χ1n) is 22.6. The van der Waals surface area contributed by atoms with Crippen molar-refractivity contribution in [2.75, 3.05) is 54.4 Å². The molecule has 336 valence electrons. The average molecular weight is 864 g/mol. The van der Waals surface area contributed by atoms with E-state index in [2.05, 4.69) is 25.9 Å². The molecule has 5 N–H and O–H groups in total. The maximum atomic E-state index is 14.8. The molecule has 0 spiro atoms. The highest BCUT2D eigenvalue weighted by molar-refractivity contribution is 6.05. The Morgan fingerprint density at radius 1 is 0.571 bits per heavy atom. The smallest absolute Gasteiger partial charge is 0.340 e. The summed E-state index contributed by atoms with van der Waals surface area (Å²) in [6.45, 7) is 2.39. The van der Waals surface area contributed by atoms with Gasteiger partial charge in [0.25, 0.3) is 0 Å². The zero-order valence-electron chi connectivity index (χ0n) is 36.7. The SMILES string of the molecule is CN(C)CCCNC(=O)C1C2CCC(C(OC(=O)c3c[nH]c4ccccc34)C2)C1C(=O)NC(=O)C1C2CCC(CC2OC(=O)c2c[nH]c3ccccc23)C1C(=O)NCCCN(C)C. The lowest BCUT2D eigenvalue weighted by molar-refractivity contribution is -0.162. The second-order valence-corrected chi connectivity index (χ2v) is 18.7. The summed E-state index contributed by atoms with van der Waals surface area (Å²) < 4.78 is 12.4. The van der Waals surface area contributed by atoms with Crippen LogP contribution in [0.4, 0.5) is 0 Å². The predicted octanol–water partition coefficient (Wildman–Crippen LogP) is 4.50.